The number of nitrogens with two attached hydrogens (primary N) is 1. The van der Waals surface area contributed by atoms with Crippen LogP contribution in [0.15, 0.2) is 18.5 Å². The number of aryl methyl sites for hydroxylation is 1. The highest BCUT2D eigenvalue weighted by Gasteiger charge is 2.12. The maximum atomic E-state index is 5.82. The molecule has 6 nitrogen and oxygen atoms in total. The van der Waals surface area contributed by atoms with E-state index in [1.807, 2.05) is 20.2 Å². The van der Waals surface area contributed by atoms with E-state index in [4.69, 9.17) is 10.5 Å². The number of nitrogen functional groups attached to an aromatic ring is 1. The third-order valence-corrected chi connectivity index (χ3v) is 2.62. The van der Waals surface area contributed by atoms with Crippen LogP contribution in [0, 0.1) is 0 Å². The van der Waals surface area contributed by atoms with Crippen molar-refractivity contribution < 1.29 is 4.74 Å². The second-order valence-electron chi connectivity index (χ2n) is 4.30. The summed E-state index contributed by atoms with van der Waals surface area (Å²) in [6.45, 7) is 2.57. The van der Waals surface area contributed by atoms with E-state index < -0.39 is 0 Å². The number of hydrogen-bond donors (Lipinski definition) is 1. The lowest BCUT2D eigenvalue weighted by molar-refractivity contribution is 0.181. The molecule has 0 spiro atoms. The molecule has 0 radical (unpaired) electrons. The topological polar surface area (TPSA) is 78.9 Å². The highest BCUT2D eigenvalue weighted by Crippen LogP contribution is 2.21. The van der Waals surface area contributed by atoms with E-state index in [2.05, 4.69) is 15.1 Å². The highest BCUT2D eigenvalue weighted by atomic mass is 16.5. The lowest BCUT2D eigenvalue weighted by atomic mass is 10.1. The molecule has 6 heteroatoms. The van der Waals surface area contributed by atoms with Gasteiger partial charge >= 0.3 is 0 Å². The number of ether oxygens (including phenoxy) is 1. The molecule has 1 unspecified atom stereocenters. The van der Waals surface area contributed by atoms with E-state index >= 15 is 0 Å². The van der Waals surface area contributed by atoms with Crippen LogP contribution in [0.2, 0.25) is 0 Å². The number of aromatic nitrogens is 4. The number of hydrogen-bond acceptors (Lipinski definition) is 5. The van der Waals surface area contributed by atoms with Gasteiger partial charge in [-0.3, -0.25) is 4.68 Å². The van der Waals surface area contributed by atoms with Crippen molar-refractivity contribution >= 4 is 5.82 Å². The van der Waals surface area contributed by atoms with Gasteiger partial charge in [0.15, 0.2) is 0 Å². The van der Waals surface area contributed by atoms with Crippen LogP contribution in [-0.4, -0.2) is 33.5 Å². The van der Waals surface area contributed by atoms with Gasteiger partial charge in [0.05, 0.1) is 18.5 Å². The van der Waals surface area contributed by atoms with Crippen molar-refractivity contribution in [3.05, 3.63) is 24.3 Å². The van der Waals surface area contributed by atoms with E-state index in [0.29, 0.717) is 18.2 Å². The molecule has 2 aromatic heterocycles. The monoisotopic (exact) mass is 247 g/mol. The van der Waals surface area contributed by atoms with E-state index in [-0.39, 0.29) is 5.92 Å². The minimum absolute atomic E-state index is 0.105. The second-order valence-corrected chi connectivity index (χ2v) is 4.30. The number of nitrogens with zero attached hydrogens (tertiary/aromatic N) is 4. The SMILES string of the molecule is COCC(C)c1nc(N)cc(-c2cnn(C)c2)n1. The fourth-order valence-electron chi connectivity index (χ4n) is 1.73. The van der Waals surface area contributed by atoms with Crippen LogP contribution in [0.1, 0.15) is 18.7 Å². The number of anilines is 1. The van der Waals surface area contributed by atoms with Crippen molar-refractivity contribution in [2.24, 2.45) is 7.05 Å². The summed E-state index contributed by atoms with van der Waals surface area (Å²) < 4.78 is 6.84. The Morgan fingerprint density at radius 3 is 2.83 bits per heavy atom. The van der Waals surface area contributed by atoms with Crippen molar-refractivity contribution in [2.75, 3.05) is 19.5 Å². The van der Waals surface area contributed by atoms with Gasteiger partial charge in [-0.2, -0.15) is 5.10 Å². The zero-order chi connectivity index (χ0) is 13.1. The standard InChI is InChI=1S/C12H17N5O/c1-8(7-18-3)12-15-10(4-11(13)16-12)9-5-14-17(2)6-9/h4-6,8H,7H2,1-3H3,(H2,13,15,16). The summed E-state index contributed by atoms with van der Waals surface area (Å²) in [7, 11) is 3.52. The molecule has 2 rings (SSSR count). The van der Waals surface area contributed by atoms with Crippen LogP contribution in [0.4, 0.5) is 5.82 Å². The molecule has 2 aromatic rings. The molecule has 2 heterocycles. The average molecular weight is 247 g/mol. The summed E-state index contributed by atoms with van der Waals surface area (Å²) in [4.78, 5) is 8.76. The van der Waals surface area contributed by atoms with Gasteiger partial charge in [-0.05, 0) is 0 Å². The molecule has 0 amide bonds. The Morgan fingerprint density at radius 2 is 2.22 bits per heavy atom. The summed E-state index contributed by atoms with van der Waals surface area (Å²) in [5.74, 6) is 1.26. The molecule has 0 saturated heterocycles. The van der Waals surface area contributed by atoms with Crippen molar-refractivity contribution in [3.8, 4) is 11.3 Å². The van der Waals surface area contributed by atoms with Crippen LogP contribution >= 0.6 is 0 Å². The van der Waals surface area contributed by atoms with Crippen LogP contribution in [0.25, 0.3) is 11.3 Å². The molecule has 2 N–H and O–H groups in total. The van der Waals surface area contributed by atoms with Gasteiger partial charge in [-0.25, -0.2) is 9.97 Å². The summed E-state index contributed by atoms with van der Waals surface area (Å²) in [6.07, 6.45) is 3.65. The second kappa shape index (κ2) is 5.14. The molecule has 0 aliphatic heterocycles. The van der Waals surface area contributed by atoms with Crippen molar-refractivity contribution in [1.29, 1.82) is 0 Å². The first-order valence-corrected chi connectivity index (χ1v) is 5.72. The van der Waals surface area contributed by atoms with Gasteiger partial charge in [0.25, 0.3) is 0 Å². The lowest BCUT2D eigenvalue weighted by Crippen LogP contribution is -2.09. The molecule has 18 heavy (non-hydrogen) atoms. The quantitative estimate of drug-likeness (QED) is 0.878. The van der Waals surface area contributed by atoms with E-state index in [1.165, 1.54) is 0 Å². The fourth-order valence-corrected chi connectivity index (χ4v) is 1.73. The van der Waals surface area contributed by atoms with E-state index in [9.17, 15) is 0 Å². The smallest absolute Gasteiger partial charge is 0.136 e. The third kappa shape index (κ3) is 2.65. The molecule has 0 bridgehead atoms. The van der Waals surface area contributed by atoms with Crippen molar-refractivity contribution in [3.63, 3.8) is 0 Å². The normalized spacial score (nSPS) is 12.6. The molecule has 96 valence electrons. The maximum Gasteiger partial charge on any atom is 0.136 e. The van der Waals surface area contributed by atoms with Gasteiger partial charge in [-0.1, -0.05) is 6.92 Å². The Kier molecular flexibility index (Phi) is 3.57. The summed E-state index contributed by atoms with van der Waals surface area (Å²) in [6, 6.07) is 1.75. The molecule has 0 aliphatic rings. The molecule has 1 atom stereocenters. The van der Waals surface area contributed by atoms with Gasteiger partial charge in [0.1, 0.15) is 11.6 Å². The van der Waals surface area contributed by atoms with Gasteiger partial charge in [-0.15, -0.1) is 0 Å². The largest absolute Gasteiger partial charge is 0.384 e. The fraction of sp³-hybridized carbons (Fsp3) is 0.417. The Morgan fingerprint density at radius 1 is 1.44 bits per heavy atom. The zero-order valence-corrected chi connectivity index (χ0v) is 10.8. The van der Waals surface area contributed by atoms with Crippen LogP contribution in [-0.2, 0) is 11.8 Å². The lowest BCUT2D eigenvalue weighted by Gasteiger charge is -2.10. The highest BCUT2D eigenvalue weighted by molar-refractivity contribution is 5.60. The Balaban J connectivity index is 2.37. The van der Waals surface area contributed by atoms with Crippen LogP contribution in [0.5, 0.6) is 0 Å². The summed E-state index contributed by atoms with van der Waals surface area (Å²) >= 11 is 0. The molecule has 0 fully saturated rings. The third-order valence-electron chi connectivity index (χ3n) is 2.62. The van der Waals surface area contributed by atoms with Gasteiger partial charge in [0, 0.05) is 37.9 Å². The van der Waals surface area contributed by atoms with Crippen molar-refractivity contribution in [1.82, 2.24) is 19.7 Å². The van der Waals surface area contributed by atoms with Crippen LogP contribution < -0.4 is 5.73 Å². The molecule has 0 aliphatic carbocycles. The van der Waals surface area contributed by atoms with E-state index in [1.54, 1.807) is 24.1 Å². The predicted molar refractivity (Wildman–Crippen MR) is 68.9 cm³/mol. The summed E-state index contributed by atoms with van der Waals surface area (Å²) in [5.41, 5.74) is 7.53. The Bertz CT molecular complexity index is 537. The maximum absolute atomic E-state index is 5.82. The first-order chi connectivity index (χ1) is 8.60. The molecular weight excluding hydrogens is 230 g/mol. The Hall–Kier alpha value is -1.95. The van der Waals surface area contributed by atoms with Gasteiger partial charge < -0.3 is 10.5 Å². The van der Waals surface area contributed by atoms with Gasteiger partial charge in [0.2, 0.25) is 0 Å². The molecular formula is C12H17N5O. The average Bonchev–Trinajstić information content (AvgIpc) is 2.75. The molecule has 0 saturated carbocycles. The number of methoxy groups -OCH3 is 1. The van der Waals surface area contributed by atoms with Crippen molar-refractivity contribution in [2.45, 2.75) is 12.8 Å². The first kappa shape index (κ1) is 12.5. The zero-order valence-electron chi connectivity index (χ0n) is 10.8. The summed E-state index contributed by atoms with van der Waals surface area (Å²) in [5, 5.41) is 4.12. The minimum atomic E-state index is 0.105. The predicted octanol–water partition coefficient (Wildman–Crippen LogP) is 1.21. The Labute approximate surface area is 106 Å². The molecule has 0 aromatic carbocycles. The first-order valence-electron chi connectivity index (χ1n) is 5.72. The van der Waals surface area contributed by atoms with Crippen LogP contribution in [0.3, 0.4) is 0 Å². The van der Waals surface area contributed by atoms with E-state index in [0.717, 1.165) is 11.3 Å². The number of rotatable bonds is 4. The minimum Gasteiger partial charge on any atom is -0.384 e.